The summed E-state index contributed by atoms with van der Waals surface area (Å²) in [6, 6.07) is 10.2. The van der Waals surface area contributed by atoms with Gasteiger partial charge in [-0.25, -0.2) is 4.39 Å². The van der Waals surface area contributed by atoms with Crippen LogP contribution in [0.5, 0.6) is 0 Å². The van der Waals surface area contributed by atoms with Crippen molar-refractivity contribution in [1.82, 2.24) is 10.6 Å². The summed E-state index contributed by atoms with van der Waals surface area (Å²) in [5.41, 5.74) is 0.810. The summed E-state index contributed by atoms with van der Waals surface area (Å²) < 4.78 is 14.7. The maximum atomic E-state index is 14.7. The highest BCUT2D eigenvalue weighted by Crippen LogP contribution is 2.26. The van der Waals surface area contributed by atoms with Gasteiger partial charge in [0.15, 0.2) is 0 Å². The fourth-order valence-corrected chi connectivity index (χ4v) is 3.99. The molecule has 2 atom stereocenters. The molecule has 2 aromatic rings. The van der Waals surface area contributed by atoms with E-state index in [1.54, 1.807) is 50.2 Å². The zero-order valence-corrected chi connectivity index (χ0v) is 20.9. The van der Waals surface area contributed by atoms with Crippen molar-refractivity contribution in [2.24, 2.45) is 11.3 Å². The first-order valence-corrected chi connectivity index (χ1v) is 11.7. The van der Waals surface area contributed by atoms with Crippen LogP contribution in [-0.4, -0.2) is 29.4 Å². The minimum atomic E-state index is -1.08. The Hall–Kier alpha value is -3.26. The third-order valence-corrected chi connectivity index (χ3v) is 5.89. The van der Waals surface area contributed by atoms with Crippen LogP contribution in [0.4, 0.5) is 10.1 Å². The molecule has 3 amide bonds. The number of rotatable bonds is 7. The third kappa shape index (κ3) is 7.11. The lowest BCUT2D eigenvalue weighted by molar-refractivity contribution is -0.129. The first-order chi connectivity index (χ1) is 16.2. The molecule has 1 unspecified atom stereocenters. The van der Waals surface area contributed by atoms with Gasteiger partial charge in [-0.2, -0.15) is 0 Å². The maximum Gasteiger partial charge on any atom is 0.251 e. The normalized spacial score (nSPS) is 17.0. The summed E-state index contributed by atoms with van der Waals surface area (Å²) in [7, 11) is 0. The van der Waals surface area contributed by atoms with Gasteiger partial charge < -0.3 is 21.1 Å². The summed E-state index contributed by atoms with van der Waals surface area (Å²) in [5.74, 6) is -2.19. The Balaban J connectivity index is 1.83. The van der Waals surface area contributed by atoms with Gasteiger partial charge in [0.2, 0.25) is 11.8 Å². The predicted molar refractivity (Wildman–Crippen MR) is 132 cm³/mol. The molecule has 4 N–H and O–H groups in total. The number of nitrogens with one attached hydrogen (secondary N) is 3. The van der Waals surface area contributed by atoms with E-state index >= 15 is 0 Å². The minimum absolute atomic E-state index is 0.0538. The molecule has 8 heteroatoms. The van der Waals surface area contributed by atoms with Crippen molar-refractivity contribution in [3.05, 3.63) is 65.0 Å². The van der Waals surface area contributed by atoms with Crippen molar-refractivity contribution < 1.29 is 23.9 Å². The van der Waals surface area contributed by atoms with Crippen LogP contribution >= 0.6 is 0 Å². The molecule has 1 fully saturated rings. The Labute approximate surface area is 205 Å². The van der Waals surface area contributed by atoms with E-state index in [4.69, 9.17) is 0 Å². The zero-order chi connectivity index (χ0) is 26.0. The molecular weight excluding hydrogens is 449 g/mol. The standard InChI is InChI=1S/C27H34FN3O4/c1-26(2,3)14-17-8-11-20(13-21(17)28)30-25(34)23(31-24(33)18-12-22(32)29-15-18)16-6-9-19(10-7-16)27(4,5)35/h6-11,13,18,23,35H,12,14-15H2,1-5H3,(H,29,32)(H,30,34)(H,31,33)/t18-,23?/m0/s1. The highest BCUT2D eigenvalue weighted by Gasteiger charge is 2.32. The topological polar surface area (TPSA) is 108 Å². The molecule has 1 aliphatic heterocycles. The molecule has 1 aliphatic rings. The van der Waals surface area contributed by atoms with Crippen LogP contribution in [0.2, 0.25) is 0 Å². The second kappa shape index (κ2) is 10.2. The number of hydrogen-bond acceptors (Lipinski definition) is 4. The molecule has 1 heterocycles. The van der Waals surface area contributed by atoms with Crippen LogP contribution in [0.1, 0.15) is 63.8 Å². The third-order valence-electron chi connectivity index (χ3n) is 5.89. The zero-order valence-electron chi connectivity index (χ0n) is 20.9. The number of carbonyl (C=O) groups excluding carboxylic acids is 3. The van der Waals surface area contributed by atoms with Gasteiger partial charge in [0.25, 0.3) is 5.91 Å². The smallest absolute Gasteiger partial charge is 0.251 e. The molecule has 0 radical (unpaired) electrons. The van der Waals surface area contributed by atoms with Gasteiger partial charge in [0, 0.05) is 18.7 Å². The number of anilines is 1. The quantitative estimate of drug-likeness (QED) is 0.483. The molecule has 35 heavy (non-hydrogen) atoms. The molecule has 0 saturated carbocycles. The molecule has 0 aliphatic carbocycles. The van der Waals surface area contributed by atoms with E-state index in [1.807, 2.05) is 20.8 Å². The highest BCUT2D eigenvalue weighted by atomic mass is 19.1. The molecule has 188 valence electrons. The number of aliphatic hydroxyl groups is 1. The Morgan fingerprint density at radius 2 is 1.77 bits per heavy atom. The van der Waals surface area contributed by atoms with E-state index in [0.29, 0.717) is 23.1 Å². The van der Waals surface area contributed by atoms with Crippen LogP contribution < -0.4 is 16.0 Å². The average molecular weight is 484 g/mol. The van der Waals surface area contributed by atoms with Crippen molar-refractivity contribution >= 4 is 23.4 Å². The largest absolute Gasteiger partial charge is 0.386 e. The minimum Gasteiger partial charge on any atom is -0.386 e. The molecule has 1 saturated heterocycles. The van der Waals surface area contributed by atoms with E-state index in [2.05, 4.69) is 16.0 Å². The fraction of sp³-hybridized carbons (Fsp3) is 0.444. The molecule has 0 spiro atoms. The van der Waals surface area contributed by atoms with E-state index in [1.165, 1.54) is 6.07 Å². The van der Waals surface area contributed by atoms with Gasteiger partial charge in [0.05, 0.1) is 11.5 Å². The lowest BCUT2D eigenvalue weighted by Gasteiger charge is -2.23. The van der Waals surface area contributed by atoms with Crippen molar-refractivity contribution in [2.75, 3.05) is 11.9 Å². The number of amides is 3. The second-order valence-corrected chi connectivity index (χ2v) is 10.9. The van der Waals surface area contributed by atoms with E-state index in [0.717, 1.165) is 0 Å². The number of hydrogen-bond donors (Lipinski definition) is 4. The molecular formula is C27H34FN3O4. The van der Waals surface area contributed by atoms with Gasteiger partial charge in [0.1, 0.15) is 11.9 Å². The summed E-state index contributed by atoms with van der Waals surface area (Å²) >= 11 is 0. The summed E-state index contributed by atoms with van der Waals surface area (Å²) in [5, 5.41) is 18.3. The van der Waals surface area contributed by atoms with Crippen LogP contribution in [0.3, 0.4) is 0 Å². The van der Waals surface area contributed by atoms with Crippen molar-refractivity contribution in [2.45, 2.75) is 59.1 Å². The van der Waals surface area contributed by atoms with Gasteiger partial charge in [-0.05, 0) is 54.5 Å². The molecule has 7 nitrogen and oxygen atoms in total. The highest BCUT2D eigenvalue weighted by molar-refractivity contribution is 5.99. The summed E-state index contributed by atoms with van der Waals surface area (Å²) in [4.78, 5) is 37.6. The molecule has 0 bridgehead atoms. The van der Waals surface area contributed by atoms with Gasteiger partial charge in [-0.1, -0.05) is 51.1 Å². The van der Waals surface area contributed by atoms with E-state index < -0.39 is 35.2 Å². The lowest BCUT2D eigenvalue weighted by Crippen LogP contribution is -2.40. The van der Waals surface area contributed by atoms with E-state index in [9.17, 15) is 23.9 Å². The summed E-state index contributed by atoms with van der Waals surface area (Å²) in [6.45, 7) is 9.56. The number of benzene rings is 2. The Morgan fingerprint density at radius 1 is 1.11 bits per heavy atom. The van der Waals surface area contributed by atoms with Crippen molar-refractivity contribution in [3.63, 3.8) is 0 Å². The maximum absolute atomic E-state index is 14.7. The molecule has 2 aromatic carbocycles. The second-order valence-electron chi connectivity index (χ2n) is 10.9. The SMILES string of the molecule is CC(C)(C)Cc1ccc(NC(=O)C(NC(=O)[C@@H]2CNC(=O)C2)c2ccc(C(C)(C)O)cc2)cc1F. The lowest BCUT2D eigenvalue weighted by atomic mass is 9.88. The van der Waals surface area contributed by atoms with Crippen molar-refractivity contribution in [3.8, 4) is 0 Å². The average Bonchev–Trinajstić information content (AvgIpc) is 3.19. The fourth-order valence-electron chi connectivity index (χ4n) is 3.99. The Kier molecular flexibility index (Phi) is 7.65. The molecule has 0 aromatic heterocycles. The van der Waals surface area contributed by atoms with E-state index in [-0.39, 0.29) is 30.0 Å². The number of carbonyl (C=O) groups is 3. The first kappa shape index (κ1) is 26.3. The van der Waals surface area contributed by atoms with Crippen LogP contribution in [-0.2, 0) is 26.4 Å². The van der Waals surface area contributed by atoms with Gasteiger partial charge in [-0.15, -0.1) is 0 Å². The first-order valence-electron chi connectivity index (χ1n) is 11.7. The Bertz CT molecular complexity index is 1100. The molecule has 3 rings (SSSR count). The monoisotopic (exact) mass is 483 g/mol. The Morgan fingerprint density at radius 3 is 2.29 bits per heavy atom. The van der Waals surface area contributed by atoms with Crippen LogP contribution in [0, 0.1) is 17.2 Å². The van der Waals surface area contributed by atoms with Crippen LogP contribution in [0.25, 0.3) is 0 Å². The predicted octanol–water partition coefficient (Wildman–Crippen LogP) is 3.57. The number of halogens is 1. The van der Waals surface area contributed by atoms with Gasteiger partial charge in [-0.3, -0.25) is 14.4 Å². The van der Waals surface area contributed by atoms with Gasteiger partial charge >= 0.3 is 0 Å². The van der Waals surface area contributed by atoms with Crippen molar-refractivity contribution in [1.29, 1.82) is 0 Å². The van der Waals surface area contributed by atoms with Crippen LogP contribution in [0.15, 0.2) is 42.5 Å². The summed E-state index contributed by atoms with van der Waals surface area (Å²) in [6.07, 6.45) is 0.603.